The van der Waals surface area contributed by atoms with Gasteiger partial charge in [0.2, 0.25) is 0 Å². The molecule has 0 aliphatic carbocycles. The maximum atomic E-state index is 5.32. The summed E-state index contributed by atoms with van der Waals surface area (Å²) in [5.41, 5.74) is 9.80. The molecule has 5 nitrogen and oxygen atoms in total. The molecule has 1 aromatic carbocycles. The van der Waals surface area contributed by atoms with Crippen molar-refractivity contribution in [2.45, 2.75) is 0 Å². The average Bonchev–Trinajstić information content (AvgIpc) is 3.59. The van der Waals surface area contributed by atoms with E-state index < -0.39 is 0 Å². The predicted octanol–water partition coefficient (Wildman–Crippen LogP) is 6.08. The number of rotatable bonds is 2. The van der Waals surface area contributed by atoms with E-state index in [1.807, 2.05) is 36.4 Å². The molecule has 0 radical (unpaired) electrons. The van der Waals surface area contributed by atoms with Crippen LogP contribution < -0.4 is 4.74 Å². The number of nitrogens with zero attached hydrogens (tertiary/aromatic N) is 2. The van der Waals surface area contributed by atoms with Gasteiger partial charge >= 0.3 is 0 Å². The van der Waals surface area contributed by atoms with Crippen LogP contribution in [-0.4, -0.2) is 27.0 Å². The Labute approximate surface area is 184 Å². The first-order chi connectivity index (χ1) is 15.7. The SMILES string of the molecule is COc1ccc(C2=Cc3cc4ccc(cc5nc(cc6ccc(cc2n3)[nH]6)C=C5)[nH]4)cc1. The lowest BCUT2D eigenvalue weighted by Crippen LogP contribution is -1.87. The van der Waals surface area contributed by atoms with E-state index in [0.717, 1.165) is 61.7 Å². The summed E-state index contributed by atoms with van der Waals surface area (Å²) < 4.78 is 5.32. The molecule has 0 saturated carbocycles. The maximum absolute atomic E-state index is 5.32. The van der Waals surface area contributed by atoms with Gasteiger partial charge in [-0.1, -0.05) is 12.1 Å². The van der Waals surface area contributed by atoms with Crippen LogP contribution in [0.1, 0.15) is 28.3 Å². The molecule has 0 fully saturated rings. The molecule has 0 atom stereocenters. The van der Waals surface area contributed by atoms with Crippen molar-refractivity contribution in [2.24, 2.45) is 0 Å². The van der Waals surface area contributed by atoms with Gasteiger partial charge in [0, 0.05) is 27.6 Å². The summed E-state index contributed by atoms with van der Waals surface area (Å²) in [6.45, 7) is 0. The molecule has 3 aromatic heterocycles. The minimum absolute atomic E-state index is 0.833. The first-order valence-corrected chi connectivity index (χ1v) is 10.4. The third kappa shape index (κ3) is 3.50. The van der Waals surface area contributed by atoms with Crippen LogP contribution in [0.25, 0.3) is 45.9 Å². The number of hydrogen-bond acceptors (Lipinski definition) is 3. The third-order valence-corrected chi connectivity index (χ3v) is 5.57. The van der Waals surface area contributed by atoms with Crippen molar-refractivity contribution < 1.29 is 4.74 Å². The Morgan fingerprint density at radius 3 is 1.78 bits per heavy atom. The molecule has 0 saturated heterocycles. The number of ether oxygens (including phenoxy) is 1. The molecule has 5 heteroatoms. The zero-order valence-corrected chi connectivity index (χ0v) is 17.5. The molecular weight excluding hydrogens is 396 g/mol. The van der Waals surface area contributed by atoms with Crippen LogP contribution in [0, 0.1) is 0 Å². The quantitative estimate of drug-likeness (QED) is 0.359. The van der Waals surface area contributed by atoms with Crippen LogP contribution in [0.5, 0.6) is 5.75 Å². The standard InChI is InChI=1S/C27H20N4O/c1-32-25-10-2-17(3-11-25)26-15-24-14-22-7-6-20(29-22)12-18-4-5-19(28-18)13-21-8-9-23(30-21)16-27(26)31-24/h2-16,29-30H,1H3. The van der Waals surface area contributed by atoms with Gasteiger partial charge in [0.05, 0.1) is 29.9 Å². The predicted molar refractivity (Wildman–Crippen MR) is 130 cm³/mol. The summed E-state index contributed by atoms with van der Waals surface area (Å²) in [4.78, 5) is 16.5. The molecule has 2 aliphatic rings. The molecule has 8 bridgehead atoms. The second-order valence-electron chi connectivity index (χ2n) is 7.82. The fourth-order valence-electron chi connectivity index (χ4n) is 4.02. The lowest BCUT2D eigenvalue weighted by Gasteiger charge is -2.04. The second kappa shape index (κ2) is 7.39. The summed E-state index contributed by atoms with van der Waals surface area (Å²) in [7, 11) is 1.68. The van der Waals surface area contributed by atoms with Crippen molar-refractivity contribution in [1.82, 2.24) is 19.9 Å². The summed E-state index contributed by atoms with van der Waals surface area (Å²) >= 11 is 0. The Morgan fingerprint density at radius 1 is 0.625 bits per heavy atom. The van der Waals surface area contributed by atoms with Gasteiger partial charge in [0.15, 0.2) is 0 Å². The summed E-state index contributed by atoms with van der Waals surface area (Å²) in [5.74, 6) is 0.833. The highest BCUT2D eigenvalue weighted by molar-refractivity contribution is 5.93. The highest BCUT2D eigenvalue weighted by Crippen LogP contribution is 2.30. The van der Waals surface area contributed by atoms with Gasteiger partial charge in [-0.05, 0) is 84.5 Å². The first kappa shape index (κ1) is 18.4. The molecule has 2 N–H and O–H groups in total. The van der Waals surface area contributed by atoms with Crippen molar-refractivity contribution in [3.05, 3.63) is 101 Å². The van der Waals surface area contributed by atoms with Crippen LogP contribution in [0.15, 0.2) is 72.8 Å². The van der Waals surface area contributed by atoms with Gasteiger partial charge in [-0.15, -0.1) is 0 Å². The molecule has 32 heavy (non-hydrogen) atoms. The van der Waals surface area contributed by atoms with E-state index in [2.05, 4.69) is 64.6 Å². The van der Waals surface area contributed by atoms with Crippen LogP contribution >= 0.6 is 0 Å². The molecule has 2 aliphatic heterocycles. The summed E-state index contributed by atoms with van der Waals surface area (Å²) in [6.07, 6.45) is 6.17. The number of aromatic nitrogens is 4. The maximum Gasteiger partial charge on any atom is 0.118 e. The normalized spacial score (nSPS) is 12.6. The zero-order chi connectivity index (χ0) is 21.5. The minimum atomic E-state index is 0.833. The molecule has 0 amide bonds. The van der Waals surface area contributed by atoms with E-state index in [1.165, 1.54) is 0 Å². The van der Waals surface area contributed by atoms with E-state index in [0.29, 0.717) is 0 Å². The van der Waals surface area contributed by atoms with Crippen molar-refractivity contribution in [2.75, 3.05) is 7.11 Å². The van der Waals surface area contributed by atoms with E-state index in [4.69, 9.17) is 14.7 Å². The van der Waals surface area contributed by atoms with Crippen LogP contribution in [-0.2, 0) is 0 Å². The molecule has 5 heterocycles. The fraction of sp³-hybridized carbons (Fsp3) is 0.0370. The highest BCUT2D eigenvalue weighted by atomic mass is 16.5. The van der Waals surface area contributed by atoms with Crippen molar-refractivity contribution in [1.29, 1.82) is 0 Å². The van der Waals surface area contributed by atoms with Gasteiger partial charge in [-0.25, -0.2) is 9.97 Å². The van der Waals surface area contributed by atoms with Gasteiger partial charge in [-0.2, -0.15) is 0 Å². The van der Waals surface area contributed by atoms with Crippen LogP contribution in [0.4, 0.5) is 0 Å². The van der Waals surface area contributed by atoms with E-state index >= 15 is 0 Å². The Kier molecular flexibility index (Phi) is 4.25. The zero-order valence-electron chi connectivity index (χ0n) is 17.5. The Balaban J connectivity index is 1.60. The Hall–Kier alpha value is -4.38. The van der Waals surface area contributed by atoms with Gasteiger partial charge in [0.25, 0.3) is 0 Å². The largest absolute Gasteiger partial charge is 0.497 e. The number of hydrogen-bond donors (Lipinski definition) is 2. The lowest BCUT2D eigenvalue weighted by atomic mass is 10.0. The van der Waals surface area contributed by atoms with E-state index in [1.54, 1.807) is 7.11 Å². The number of nitrogens with one attached hydrogen (secondary N) is 2. The van der Waals surface area contributed by atoms with E-state index in [9.17, 15) is 0 Å². The van der Waals surface area contributed by atoms with E-state index in [-0.39, 0.29) is 0 Å². The monoisotopic (exact) mass is 416 g/mol. The molecular formula is C27H20N4O. The summed E-state index contributed by atoms with van der Waals surface area (Å²) in [6, 6.07) is 24.5. The van der Waals surface area contributed by atoms with Gasteiger partial charge in [-0.3, -0.25) is 0 Å². The van der Waals surface area contributed by atoms with Crippen LogP contribution in [0.3, 0.4) is 0 Å². The second-order valence-corrected chi connectivity index (χ2v) is 7.82. The topological polar surface area (TPSA) is 66.6 Å². The van der Waals surface area contributed by atoms with Crippen molar-refractivity contribution >= 4 is 45.9 Å². The molecule has 0 spiro atoms. The highest BCUT2D eigenvalue weighted by Gasteiger charge is 2.13. The third-order valence-electron chi connectivity index (χ3n) is 5.57. The smallest absolute Gasteiger partial charge is 0.118 e. The number of fused-ring (bicyclic) bond motifs is 8. The number of methoxy groups -OCH3 is 1. The molecule has 0 unspecified atom stereocenters. The van der Waals surface area contributed by atoms with Gasteiger partial charge < -0.3 is 14.7 Å². The summed E-state index contributed by atoms with van der Waals surface area (Å²) in [5, 5.41) is 0. The fourth-order valence-corrected chi connectivity index (χ4v) is 4.02. The van der Waals surface area contributed by atoms with Crippen molar-refractivity contribution in [3.63, 3.8) is 0 Å². The minimum Gasteiger partial charge on any atom is -0.497 e. The molecule has 6 rings (SSSR count). The molecule has 154 valence electrons. The lowest BCUT2D eigenvalue weighted by molar-refractivity contribution is 0.415. The van der Waals surface area contributed by atoms with Crippen molar-refractivity contribution in [3.8, 4) is 5.75 Å². The average molecular weight is 416 g/mol. The number of H-pyrrole nitrogens is 2. The van der Waals surface area contributed by atoms with Gasteiger partial charge in [0.1, 0.15) is 5.75 Å². The first-order valence-electron chi connectivity index (χ1n) is 10.4. The molecule has 4 aromatic rings. The number of aromatic amines is 2. The Bertz CT molecular complexity index is 1550. The Morgan fingerprint density at radius 2 is 1.19 bits per heavy atom. The number of benzene rings is 1. The van der Waals surface area contributed by atoms with Crippen LogP contribution in [0.2, 0.25) is 0 Å².